The molecular weight excluding hydrogens is 214 g/mol. The van der Waals surface area contributed by atoms with E-state index in [2.05, 4.69) is 36.4 Å². The molecule has 0 saturated carbocycles. The number of aryl methyl sites for hydroxylation is 1. The average molecular weight is 235 g/mol. The quantitative estimate of drug-likeness (QED) is 0.844. The Morgan fingerprint density at radius 2 is 2.00 bits per heavy atom. The number of hydrogen-bond donors (Lipinski definition) is 2. The number of nitrogens with one attached hydrogen (secondary N) is 2. The molecule has 0 saturated heterocycles. The Hall–Kier alpha value is -1.58. The minimum absolute atomic E-state index is 0.0538. The molecule has 1 aromatic heterocycles. The largest absolute Gasteiger partial charge is 0.373 e. The molecular formula is C13H21N3O. The van der Waals surface area contributed by atoms with E-state index in [-0.39, 0.29) is 11.3 Å². The minimum atomic E-state index is -0.0538. The molecule has 0 aromatic carbocycles. The second-order valence-electron chi connectivity index (χ2n) is 5.38. The molecule has 94 valence electrons. The predicted molar refractivity (Wildman–Crippen MR) is 70.3 cm³/mol. The lowest BCUT2D eigenvalue weighted by atomic mass is 9.97. The number of anilines is 1. The van der Waals surface area contributed by atoms with Crippen LogP contribution in [0.4, 0.5) is 5.82 Å². The van der Waals surface area contributed by atoms with Gasteiger partial charge in [-0.15, -0.1) is 0 Å². The maximum atomic E-state index is 11.9. The Labute approximate surface area is 103 Å². The number of pyridine rings is 1. The highest BCUT2D eigenvalue weighted by molar-refractivity contribution is 5.95. The summed E-state index contributed by atoms with van der Waals surface area (Å²) in [5.74, 6) is 0.660. The van der Waals surface area contributed by atoms with Crippen molar-refractivity contribution in [3.05, 3.63) is 23.4 Å². The first-order chi connectivity index (χ1) is 7.81. The van der Waals surface area contributed by atoms with E-state index in [0.29, 0.717) is 17.9 Å². The lowest BCUT2D eigenvalue weighted by molar-refractivity contribution is 0.0939. The van der Waals surface area contributed by atoms with Crippen molar-refractivity contribution in [2.24, 2.45) is 5.41 Å². The molecule has 4 nitrogen and oxygen atoms in total. The van der Waals surface area contributed by atoms with Crippen LogP contribution in [0.5, 0.6) is 0 Å². The molecule has 0 aliphatic heterocycles. The molecule has 4 heteroatoms. The Bertz CT molecular complexity index is 408. The summed E-state index contributed by atoms with van der Waals surface area (Å²) >= 11 is 0. The lowest BCUT2D eigenvalue weighted by Gasteiger charge is -2.18. The van der Waals surface area contributed by atoms with Gasteiger partial charge in [0.05, 0.1) is 0 Å². The van der Waals surface area contributed by atoms with Crippen LogP contribution in [0.25, 0.3) is 0 Å². The molecule has 0 spiro atoms. The molecule has 0 atom stereocenters. The van der Waals surface area contributed by atoms with Gasteiger partial charge >= 0.3 is 0 Å². The van der Waals surface area contributed by atoms with Gasteiger partial charge < -0.3 is 10.6 Å². The topological polar surface area (TPSA) is 54.0 Å². The molecule has 0 fully saturated rings. The third-order valence-corrected chi connectivity index (χ3v) is 2.25. The molecule has 0 radical (unpaired) electrons. The van der Waals surface area contributed by atoms with Crippen molar-refractivity contribution in [1.82, 2.24) is 10.3 Å². The van der Waals surface area contributed by atoms with Gasteiger partial charge in [-0.25, -0.2) is 4.98 Å². The molecule has 1 rings (SSSR count). The van der Waals surface area contributed by atoms with Gasteiger partial charge in [0.25, 0.3) is 5.91 Å². The molecule has 1 heterocycles. The van der Waals surface area contributed by atoms with E-state index in [1.165, 1.54) is 0 Å². The van der Waals surface area contributed by atoms with Crippen LogP contribution in [0.1, 0.15) is 36.8 Å². The SMILES string of the molecule is CNc1cc(C(=O)NCC(C)(C)C)cc(C)n1. The van der Waals surface area contributed by atoms with Crippen molar-refractivity contribution in [1.29, 1.82) is 0 Å². The van der Waals surface area contributed by atoms with Gasteiger partial charge in [-0.05, 0) is 24.5 Å². The summed E-state index contributed by atoms with van der Waals surface area (Å²) in [5, 5.41) is 5.87. The van der Waals surface area contributed by atoms with Crippen LogP contribution in [0.15, 0.2) is 12.1 Å². The zero-order chi connectivity index (χ0) is 13.1. The second kappa shape index (κ2) is 5.17. The first-order valence-electron chi connectivity index (χ1n) is 5.76. The normalized spacial score (nSPS) is 11.1. The molecule has 0 aliphatic carbocycles. The molecule has 1 aromatic rings. The van der Waals surface area contributed by atoms with Gasteiger partial charge in [-0.3, -0.25) is 4.79 Å². The van der Waals surface area contributed by atoms with Crippen LogP contribution in [-0.4, -0.2) is 24.5 Å². The Balaban J connectivity index is 2.78. The van der Waals surface area contributed by atoms with Gasteiger partial charge in [0, 0.05) is 24.8 Å². The number of rotatable bonds is 3. The molecule has 0 bridgehead atoms. The van der Waals surface area contributed by atoms with Gasteiger partial charge in [-0.2, -0.15) is 0 Å². The zero-order valence-electron chi connectivity index (χ0n) is 11.2. The number of nitrogens with zero attached hydrogens (tertiary/aromatic N) is 1. The second-order valence-corrected chi connectivity index (χ2v) is 5.38. The van der Waals surface area contributed by atoms with Gasteiger partial charge in [0.2, 0.25) is 0 Å². The Morgan fingerprint density at radius 3 is 2.53 bits per heavy atom. The van der Waals surface area contributed by atoms with Crippen molar-refractivity contribution >= 4 is 11.7 Å². The first kappa shape index (κ1) is 13.5. The van der Waals surface area contributed by atoms with Crippen molar-refractivity contribution in [3.63, 3.8) is 0 Å². The highest BCUT2D eigenvalue weighted by atomic mass is 16.1. The van der Waals surface area contributed by atoms with E-state index in [0.717, 1.165) is 5.69 Å². The number of aromatic nitrogens is 1. The van der Waals surface area contributed by atoms with Gasteiger partial charge in [0.1, 0.15) is 5.82 Å². The highest BCUT2D eigenvalue weighted by Crippen LogP contribution is 2.12. The predicted octanol–water partition coefficient (Wildman–Crippen LogP) is 2.21. The van der Waals surface area contributed by atoms with Crippen LogP contribution in [0.3, 0.4) is 0 Å². The van der Waals surface area contributed by atoms with E-state index >= 15 is 0 Å². The Morgan fingerprint density at radius 1 is 1.35 bits per heavy atom. The van der Waals surface area contributed by atoms with Crippen LogP contribution >= 0.6 is 0 Å². The summed E-state index contributed by atoms with van der Waals surface area (Å²) in [6.07, 6.45) is 0. The fourth-order valence-electron chi connectivity index (χ4n) is 1.38. The third-order valence-electron chi connectivity index (χ3n) is 2.25. The van der Waals surface area contributed by atoms with Crippen molar-refractivity contribution < 1.29 is 4.79 Å². The standard InChI is InChI=1S/C13H21N3O/c1-9-6-10(7-11(14-5)16-9)12(17)15-8-13(2,3)4/h6-7H,8H2,1-5H3,(H,14,16)(H,15,17). The van der Waals surface area contributed by atoms with Crippen molar-refractivity contribution in [3.8, 4) is 0 Å². The van der Waals surface area contributed by atoms with Crippen LogP contribution in [0.2, 0.25) is 0 Å². The number of hydrogen-bond acceptors (Lipinski definition) is 3. The third kappa shape index (κ3) is 4.43. The van der Waals surface area contributed by atoms with Gasteiger partial charge in [-0.1, -0.05) is 20.8 Å². The summed E-state index contributed by atoms with van der Waals surface area (Å²) in [4.78, 5) is 16.2. The maximum Gasteiger partial charge on any atom is 0.251 e. The summed E-state index contributed by atoms with van der Waals surface area (Å²) < 4.78 is 0. The first-order valence-corrected chi connectivity index (χ1v) is 5.76. The zero-order valence-corrected chi connectivity index (χ0v) is 11.2. The van der Waals surface area contributed by atoms with Crippen molar-refractivity contribution in [2.75, 3.05) is 18.9 Å². The average Bonchev–Trinajstić information content (AvgIpc) is 2.23. The lowest BCUT2D eigenvalue weighted by Crippen LogP contribution is -2.32. The van der Waals surface area contributed by atoms with E-state index in [9.17, 15) is 4.79 Å². The molecule has 2 N–H and O–H groups in total. The molecule has 17 heavy (non-hydrogen) atoms. The maximum absolute atomic E-state index is 11.9. The highest BCUT2D eigenvalue weighted by Gasteiger charge is 2.13. The van der Waals surface area contributed by atoms with Gasteiger partial charge in [0.15, 0.2) is 0 Å². The smallest absolute Gasteiger partial charge is 0.251 e. The fourth-order valence-corrected chi connectivity index (χ4v) is 1.38. The monoisotopic (exact) mass is 235 g/mol. The van der Waals surface area contributed by atoms with Crippen LogP contribution in [-0.2, 0) is 0 Å². The number of carbonyl (C=O) groups excluding carboxylic acids is 1. The van der Waals surface area contributed by atoms with Crippen molar-refractivity contribution in [2.45, 2.75) is 27.7 Å². The van der Waals surface area contributed by atoms with E-state index in [1.54, 1.807) is 19.2 Å². The number of carbonyl (C=O) groups is 1. The van der Waals surface area contributed by atoms with Crippen LogP contribution in [0, 0.1) is 12.3 Å². The van der Waals surface area contributed by atoms with E-state index in [1.807, 2.05) is 6.92 Å². The van der Waals surface area contributed by atoms with E-state index < -0.39 is 0 Å². The minimum Gasteiger partial charge on any atom is -0.373 e. The van der Waals surface area contributed by atoms with E-state index in [4.69, 9.17) is 0 Å². The van der Waals surface area contributed by atoms with Crippen LogP contribution < -0.4 is 10.6 Å². The molecule has 0 aliphatic rings. The summed E-state index contributed by atoms with van der Waals surface area (Å²) in [5.41, 5.74) is 1.56. The molecule has 1 amide bonds. The fraction of sp³-hybridized carbons (Fsp3) is 0.538. The summed E-state index contributed by atoms with van der Waals surface area (Å²) in [6.45, 7) is 8.79. The number of amides is 1. The summed E-state index contributed by atoms with van der Waals surface area (Å²) in [6, 6.07) is 3.55. The molecule has 0 unspecified atom stereocenters. The summed E-state index contributed by atoms with van der Waals surface area (Å²) in [7, 11) is 1.79. The Kier molecular flexibility index (Phi) is 4.10.